The molecule has 2 N–H and O–H groups in total. The molecular formula is C21H24N2O. The Balaban J connectivity index is 1.87. The van der Waals surface area contributed by atoms with Crippen LogP contribution in [0.15, 0.2) is 47.5 Å². The summed E-state index contributed by atoms with van der Waals surface area (Å²) in [5, 5.41) is 0. The monoisotopic (exact) mass is 320 g/mol. The molecular weight excluding hydrogens is 296 g/mol. The quantitative estimate of drug-likeness (QED) is 0.857. The fraction of sp³-hybridized carbons (Fsp3) is 0.381. The summed E-state index contributed by atoms with van der Waals surface area (Å²) in [6.07, 6.45) is 2.03. The van der Waals surface area contributed by atoms with Crippen molar-refractivity contribution in [1.29, 1.82) is 0 Å². The summed E-state index contributed by atoms with van der Waals surface area (Å²) in [7, 11) is 0. The second-order valence-electron chi connectivity index (χ2n) is 8.03. The number of fused-ring (bicyclic) bond motifs is 2. The van der Waals surface area contributed by atoms with Crippen LogP contribution in [0.2, 0.25) is 0 Å². The van der Waals surface area contributed by atoms with Crippen molar-refractivity contribution in [3.63, 3.8) is 0 Å². The summed E-state index contributed by atoms with van der Waals surface area (Å²) >= 11 is 0. The SMILES string of the molecule is Cc1cccc(-c2ccc3c(c2)C2(COC(N)=N2)CC(C)(C)C3)c1. The highest BCUT2D eigenvalue weighted by Gasteiger charge is 2.47. The van der Waals surface area contributed by atoms with Crippen LogP contribution in [-0.2, 0) is 16.7 Å². The highest BCUT2D eigenvalue weighted by Crippen LogP contribution is 2.49. The fourth-order valence-corrected chi connectivity index (χ4v) is 4.33. The average Bonchev–Trinajstić information content (AvgIpc) is 2.87. The Kier molecular flexibility index (Phi) is 3.24. The van der Waals surface area contributed by atoms with E-state index in [1.807, 2.05) is 0 Å². The van der Waals surface area contributed by atoms with Gasteiger partial charge in [0.2, 0.25) is 0 Å². The van der Waals surface area contributed by atoms with Gasteiger partial charge in [-0.25, -0.2) is 4.99 Å². The van der Waals surface area contributed by atoms with Crippen molar-refractivity contribution in [3.8, 4) is 11.1 Å². The van der Waals surface area contributed by atoms with Crippen LogP contribution in [0.5, 0.6) is 0 Å². The molecule has 0 saturated carbocycles. The summed E-state index contributed by atoms with van der Waals surface area (Å²) in [6, 6.07) is 15.7. The van der Waals surface area contributed by atoms with Crippen molar-refractivity contribution in [1.82, 2.24) is 0 Å². The zero-order valence-electron chi connectivity index (χ0n) is 14.6. The molecule has 3 heteroatoms. The lowest BCUT2D eigenvalue weighted by Gasteiger charge is -2.41. The molecule has 4 rings (SSSR count). The van der Waals surface area contributed by atoms with Crippen molar-refractivity contribution >= 4 is 6.02 Å². The first-order chi connectivity index (χ1) is 11.4. The van der Waals surface area contributed by atoms with Gasteiger partial charge in [0.25, 0.3) is 6.02 Å². The van der Waals surface area contributed by atoms with Crippen LogP contribution >= 0.6 is 0 Å². The number of nitrogens with two attached hydrogens (primary N) is 1. The number of hydrogen-bond acceptors (Lipinski definition) is 3. The van der Waals surface area contributed by atoms with Crippen LogP contribution in [0, 0.1) is 12.3 Å². The van der Waals surface area contributed by atoms with E-state index in [2.05, 4.69) is 63.2 Å². The summed E-state index contributed by atoms with van der Waals surface area (Å²) in [5.74, 6) is 0. The van der Waals surface area contributed by atoms with Crippen LogP contribution in [0.1, 0.15) is 37.0 Å². The topological polar surface area (TPSA) is 47.6 Å². The van der Waals surface area contributed by atoms with E-state index in [0.29, 0.717) is 12.6 Å². The van der Waals surface area contributed by atoms with Gasteiger partial charge in [0.1, 0.15) is 12.1 Å². The van der Waals surface area contributed by atoms with Gasteiger partial charge in [0.15, 0.2) is 0 Å². The number of amidine groups is 1. The number of benzene rings is 2. The van der Waals surface area contributed by atoms with Gasteiger partial charge in [-0.2, -0.15) is 0 Å². The summed E-state index contributed by atoms with van der Waals surface area (Å²) in [6.45, 7) is 7.28. The first kappa shape index (κ1) is 15.3. The van der Waals surface area contributed by atoms with Crippen molar-refractivity contribution in [2.75, 3.05) is 6.61 Å². The summed E-state index contributed by atoms with van der Waals surface area (Å²) in [5.41, 5.74) is 12.1. The molecule has 24 heavy (non-hydrogen) atoms. The van der Waals surface area contributed by atoms with Crippen molar-refractivity contribution in [2.45, 2.75) is 39.2 Å². The Bertz CT molecular complexity index is 837. The Morgan fingerprint density at radius 3 is 2.58 bits per heavy atom. The zero-order valence-corrected chi connectivity index (χ0v) is 14.6. The summed E-state index contributed by atoms with van der Waals surface area (Å²) < 4.78 is 5.59. The molecule has 1 heterocycles. The molecule has 1 unspecified atom stereocenters. The van der Waals surface area contributed by atoms with Crippen molar-refractivity contribution in [3.05, 3.63) is 59.2 Å². The Morgan fingerprint density at radius 1 is 1.08 bits per heavy atom. The van der Waals surface area contributed by atoms with E-state index in [0.717, 1.165) is 12.8 Å². The Morgan fingerprint density at radius 2 is 1.88 bits per heavy atom. The number of aryl methyl sites for hydroxylation is 1. The third-order valence-electron chi connectivity index (χ3n) is 5.19. The maximum absolute atomic E-state index is 5.88. The smallest absolute Gasteiger partial charge is 0.283 e. The fourth-order valence-electron chi connectivity index (χ4n) is 4.33. The lowest BCUT2D eigenvalue weighted by Crippen LogP contribution is -2.39. The molecule has 1 atom stereocenters. The third-order valence-corrected chi connectivity index (χ3v) is 5.19. The molecule has 124 valence electrons. The van der Waals surface area contributed by atoms with E-state index in [-0.39, 0.29) is 11.0 Å². The van der Waals surface area contributed by atoms with Gasteiger partial charge in [-0.1, -0.05) is 55.8 Å². The van der Waals surface area contributed by atoms with Crippen molar-refractivity contribution < 1.29 is 4.74 Å². The van der Waals surface area contributed by atoms with E-state index in [4.69, 9.17) is 15.5 Å². The molecule has 2 aromatic rings. The Hall–Kier alpha value is -2.29. The number of aliphatic imine (C=N–C) groups is 1. The van der Waals surface area contributed by atoms with Gasteiger partial charge in [0, 0.05) is 0 Å². The van der Waals surface area contributed by atoms with E-state index < -0.39 is 0 Å². The second kappa shape index (κ2) is 5.10. The molecule has 1 aliphatic heterocycles. The van der Waals surface area contributed by atoms with Gasteiger partial charge >= 0.3 is 0 Å². The van der Waals surface area contributed by atoms with E-state index in [9.17, 15) is 0 Å². The number of ether oxygens (including phenoxy) is 1. The number of nitrogens with zero attached hydrogens (tertiary/aromatic N) is 1. The van der Waals surface area contributed by atoms with Gasteiger partial charge in [-0.3, -0.25) is 0 Å². The van der Waals surface area contributed by atoms with Gasteiger partial charge in [-0.15, -0.1) is 0 Å². The molecule has 0 saturated heterocycles. The number of hydrogen-bond donors (Lipinski definition) is 1. The third kappa shape index (κ3) is 2.48. The zero-order chi connectivity index (χ0) is 16.9. The first-order valence-corrected chi connectivity index (χ1v) is 8.56. The van der Waals surface area contributed by atoms with Gasteiger partial charge < -0.3 is 10.5 Å². The van der Waals surface area contributed by atoms with E-state index in [1.54, 1.807) is 0 Å². The van der Waals surface area contributed by atoms with Crippen molar-refractivity contribution in [2.24, 2.45) is 16.1 Å². The molecule has 0 fully saturated rings. The standard InChI is InChI=1S/C21H24N2O/c1-14-5-4-6-15(9-14)16-7-8-17-11-20(2,3)12-21(18(17)10-16)13-24-19(22)23-21/h4-10H,11-13H2,1-3H3,(H2,22,23). The number of rotatable bonds is 1. The highest BCUT2D eigenvalue weighted by molar-refractivity contribution is 5.75. The maximum Gasteiger partial charge on any atom is 0.283 e. The van der Waals surface area contributed by atoms with Gasteiger partial charge in [0.05, 0.1) is 0 Å². The molecule has 0 aromatic heterocycles. The van der Waals surface area contributed by atoms with E-state index in [1.165, 1.54) is 27.8 Å². The normalized spacial score (nSPS) is 24.4. The molecule has 0 radical (unpaired) electrons. The van der Waals surface area contributed by atoms with Crippen LogP contribution in [-0.4, -0.2) is 12.6 Å². The lowest BCUT2D eigenvalue weighted by atomic mass is 9.65. The predicted molar refractivity (Wildman–Crippen MR) is 98.0 cm³/mol. The minimum absolute atomic E-state index is 0.190. The Labute approximate surface area is 143 Å². The summed E-state index contributed by atoms with van der Waals surface area (Å²) in [4.78, 5) is 4.74. The maximum atomic E-state index is 5.88. The molecule has 1 spiro atoms. The largest absolute Gasteiger partial charge is 0.462 e. The molecule has 2 aromatic carbocycles. The molecule has 1 aliphatic carbocycles. The average molecular weight is 320 g/mol. The minimum atomic E-state index is -0.332. The molecule has 0 amide bonds. The second-order valence-corrected chi connectivity index (χ2v) is 8.03. The predicted octanol–water partition coefficient (Wildman–Crippen LogP) is 4.17. The lowest BCUT2D eigenvalue weighted by molar-refractivity contribution is 0.163. The first-order valence-electron chi connectivity index (χ1n) is 8.56. The minimum Gasteiger partial charge on any atom is -0.462 e. The molecule has 0 bridgehead atoms. The van der Waals surface area contributed by atoms with Crippen LogP contribution < -0.4 is 5.73 Å². The highest BCUT2D eigenvalue weighted by atomic mass is 16.5. The van der Waals surface area contributed by atoms with E-state index >= 15 is 0 Å². The van der Waals surface area contributed by atoms with Crippen LogP contribution in [0.3, 0.4) is 0 Å². The van der Waals surface area contributed by atoms with Crippen LogP contribution in [0.25, 0.3) is 11.1 Å². The van der Waals surface area contributed by atoms with Gasteiger partial charge in [-0.05, 0) is 53.5 Å². The molecule has 3 nitrogen and oxygen atoms in total. The van der Waals surface area contributed by atoms with Crippen LogP contribution in [0.4, 0.5) is 0 Å². The molecule has 2 aliphatic rings.